The summed E-state index contributed by atoms with van der Waals surface area (Å²) < 4.78 is 12.4. The maximum Gasteiger partial charge on any atom is 0.266 e. The third-order valence-corrected chi connectivity index (χ3v) is 6.16. The van der Waals surface area contributed by atoms with Gasteiger partial charge in [-0.05, 0) is 83.2 Å². The predicted molar refractivity (Wildman–Crippen MR) is 128 cm³/mol. The molecular weight excluding hydrogens is 410 g/mol. The standard InChI is InChI=1S/C24H31N3O3S/c1-6-29-19-10-12-20(13-11-19)30-16-21(28)27(15-7-14-26(4)5)24-25-22-17(2)8-9-18(3)23(22)31-24/h8-13H,6-7,14-16H2,1-5H3. The topological polar surface area (TPSA) is 54.9 Å². The summed E-state index contributed by atoms with van der Waals surface area (Å²) >= 11 is 1.57. The first-order chi connectivity index (χ1) is 14.9. The number of amides is 1. The lowest BCUT2D eigenvalue weighted by Crippen LogP contribution is -2.36. The summed E-state index contributed by atoms with van der Waals surface area (Å²) in [4.78, 5) is 21.8. The quantitative estimate of drug-likeness (QED) is 0.457. The first-order valence-electron chi connectivity index (χ1n) is 10.6. The molecule has 0 N–H and O–H groups in total. The van der Waals surface area contributed by atoms with E-state index in [1.807, 2.05) is 45.3 Å². The van der Waals surface area contributed by atoms with E-state index in [4.69, 9.17) is 14.5 Å². The fraction of sp³-hybridized carbons (Fsp3) is 0.417. The van der Waals surface area contributed by atoms with Crippen LogP contribution in [-0.2, 0) is 4.79 Å². The molecule has 0 saturated heterocycles. The van der Waals surface area contributed by atoms with E-state index in [0.717, 1.165) is 39.6 Å². The fourth-order valence-corrected chi connectivity index (χ4v) is 4.41. The van der Waals surface area contributed by atoms with Gasteiger partial charge in [0.05, 0.1) is 16.8 Å². The van der Waals surface area contributed by atoms with Crippen LogP contribution >= 0.6 is 11.3 Å². The van der Waals surface area contributed by atoms with Gasteiger partial charge in [0.25, 0.3) is 5.91 Å². The zero-order valence-electron chi connectivity index (χ0n) is 19.0. The van der Waals surface area contributed by atoms with Crippen LogP contribution in [0.1, 0.15) is 24.5 Å². The number of anilines is 1. The molecule has 0 bridgehead atoms. The molecule has 1 aromatic heterocycles. The van der Waals surface area contributed by atoms with Crippen LogP contribution < -0.4 is 14.4 Å². The average molecular weight is 442 g/mol. The Morgan fingerprint density at radius 1 is 0.968 bits per heavy atom. The molecule has 2 aromatic carbocycles. The van der Waals surface area contributed by atoms with Crippen LogP contribution in [0.15, 0.2) is 36.4 Å². The van der Waals surface area contributed by atoms with E-state index in [-0.39, 0.29) is 12.5 Å². The van der Waals surface area contributed by atoms with Crippen LogP contribution in [0.3, 0.4) is 0 Å². The molecule has 0 fully saturated rings. The molecule has 0 radical (unpaired) electrons. The first-order valence-corrected chi connectivity index (χ1v) is 11.4. The molecule has 0 spiro atoms. The van der Waals surface area contributed by atoms with Crippen molar-refractivity contribution in [3.8, 4) is 11.5 Å². The Balaban J connectivity index is 1.77. The van der Waals surface area contributed by atoms with Gasteiger partial charge in [0.2, 0.25) is 0 Å². The Morgan fingerprint density at radius 2 is 1.61 bits per heavy atom. The maximum absolute atomic E-state index is 13.1. The largest absolute Gasteiger partial charge is 0.494 e. The molecule has 0 unspecified atom stereocenters. The van der Waals surface area contributed by atoms with Crippen molar-refractivity contribution in [1.82, 2.24) is 9.88 Å². The number of nitrogens with zero attached hydrogens (tertiary/aromatic N) is 3. The number of ether oxygens (including phenoxy) is 2. The lowest BCUT2D eigenvalue weighted by Gasteiger charge is -2.21. The molecule has 31 heavy (non-hydrogen) atoms. The Morgan fingerprint density at radius 3 is 2.23 bits per heavy atom. The lowest BCUT2D eigenvalue weighted by molar-refractivity contribution is -0.120. The second-order valence-electron chi connectivity index (χ2n) is 7.77. The van der Waals surface area contributed by atoms with Crippen molar-refractivity contribution in [3.05, 3.63) is 47.5 Å². The van der Waals surface area contributed by atoms with Crippen molar-refractivity contribution >= 4 is 32.6 Å². The monoisotopic (exact) mass is 441 g/mol. The van der Waals surface area contributed by atoms with Gasteiger partial charge in [0.1, 0.15) is 11.5 Å². The van der Waals surface area contributed by atoms with Crippen molar-refractivity contribution in [2.75, 3.05) is 45.3 Å². The van der Waals surface area contributed by atoms with Crippen molar-refractivity contribution in [1.29, 1.82) is 0 Å². The number of fused-ring (bicyclic) bond motifs is 1. The molecular formula is C24H31N3O3S. The molecule has 0 aliphatic rings. The molecule has 1 amide bonds. The van der Waals surface area contributed by atoms with E-state index >= 15 is 0 Å². The van der Waals surface area contributed by atoms with Crippen LogP contribution in [0.2, 0.25) is 0 Å². The highest BCUT2D eigenvalue weighted by Gasteiger charge is 2.21. The third kappa shape index (κ3) is 5.95. The zero-order valence-corrected chi connectivity index (χ0v) is 19.8. The number of thiazole rings is 1. The highest BCUT2D eigenvalue weighted by molar-refractivity contribution is 7.22. The van der Waals surface area contributed by atoms with Crippen LogP contribution in [0.4, 0.5) is 5.13 Å². The van der Waals surface area contributed by atoms with Gasteiger partial charge in [0, 0.05) is 6.54 Å². The Labute approximate surface area is 188 Å². The summed E-state index contributed by atoms with van der Waals surface area (Å²) in [6, 6.07) is 11.5. The normalized spacial score (nSPS) is 11.2. The van der Waals surface area contributed by atoms with Gasteiger partial charge in [-0.2, -0.15) is 0 Å². The Bertz CT molecular complexity index is 976. The van der Waals surface area contributed by atoms with E-state index in [1.165, 1.54) is 5.56 Å². The molecule has 0 aliphatic carbocycles. The summed E-state index contributed by atoms with van der Waals surface area (Å²) in [6.45, 7) is 8.15. The minimum absolute atomic E-state index is 0.0379. The zero-order chi connectivity index (χ0) is 22.4. The summed E-state index contributed by atoms with van der Waals surface area (Å²) in [5, 5.41) is 0.728. The predicted octanol–water partition coefficient (Wildman–Crippen LogP) is 4.68. The molecule has 3 rings (SSSR count). The molecule has 6 nitrogen and oxygen atoms in total. The number of benzene rings is 2. The van der Waals surface area contributed by atoms with Gasteiger partial charge < -0.3 is 14.4 Å². The van der Waals surface area contributed by atoms with Crippen molar-refractivity contribution in [3.63, 3.8) is 0 Å². The summed E-state index contributed by atoms with van der Waals surface area (Å²) in [6.07, 6.45) is 0.857. The summed E-state index contributed by atoms with van der Waals surface area (Å²) in [5.41, 5.74) is 3.27. The van der Waals surface area contributed by atoms with E-state index in [1.54, 1.807) is 16.2 Å². The van der Waals surface area contributed by atoms with E-state index in [9.17, 15) is 4.79 Å². The number of aryl methyl sites for hydroxylation is 2. The van der Waals surface area contributed by atoms with E-state index in [0.29, 0.717) is 18.9 Å². The highest BCUT2D eigenvalue weighted by atomic mass is 32.1. The fourth-order valence-electron chi connectivity index (χ4n) is 3.26. The van der Waals surface area contributed by atoms with Gasteiger partial charge in [0.15, 0.2) is 11.7 Å². The van der Waals surface area contributed by atoms with E-state index in [2.05, 4.69) is 30.9 Å². The van der Waals surface area contributed by atoms with Crippen LogP contribution in [0, 0.1) is 13.8 Å². The molecule has 3 aromatic rings. The minimum atomic E-state index is -0.0954. The third-order valence-electron chi connectivity index (χ3n) is 4.95. The minimum Gasteiger partial charge on any atom is -0.494 e. The number of aromatic nitrogens is 1. The Kier molecular flexibility index (Phi) is 7.87. The van der Waals surface area contributed by atoms with Gasteiger partial charge in [-0.25, -0.2) is 4.98 Å². The highest BCUT2D eigenvalue weighted by Crippen LogP contribution is 2.33. The molecule has 166 valence electrons. The number of carbonyl (C=O) groups excluding carboxylic acids is 1. The molecule has 1 heterocycles. The van der Waals surface area contributed by atoms with Crippen molar-refractivity contribution in [2.24, 2.45) is 0 Å². The summed E-state index contributed by atoms with van der Waals surface area (Å²) in [7, 11) is 4.07. The molecule has 0 atom stereocenters. The van der Waals surface area contributed by atoms with Gasteiger partial charge in [-0.15, -0.1) is 0 Å². The van der Waals surface area contributed by atoms with Gasteiger partial charge in [-0.3, -0.25) is 9.69 Å². The number of hydrogen-bond acceptors (Lipinski definition) is 6. The number of carbonyl (C=O) groups is 1. The smallest absolute Gasteiger partial charge is 0.266 e. The average Bonchev–Trinajstić information content (AvgIpc) is 3.20. The lowest BCUT2D eigenvalue weighted by atomic mass is 10.1. The van der Waals surface area contributed by atoms with Crippen LogP contribution in [-0.4, -0.2) is 56.2 Å². The Hall–Kier alpha value is -2.64. The van der Waals surface area contributed by atoms with Crippen molar-refractivity contribution < 1.29 is 14.3 Å². The second-order valence-corrected chi connectivity index (χ2v) is 8.75. The van der Waals surface area contributed by atoms with Crippen LogP contribution in [0.25, 0.3) is 10.2 Å². The van der Waals surface area contributed by atoms with Crippen molar-refractivity contribution in [2.45, 2.75) is 27.2 Å². The van der Waals surface area contributed by atoms with Gasteiger partial charge >= 0.3 is 0 Å². The van der Waals surface area contributed by atoms with E-state index < -0.39 is 0 Å². The number of rotatable bonds is 10. The molecule has 0 saturated carbocycles. The van der Waals surface area contributed by atoms with Gasteiger partial charge in [-0.1, -0.05) is 23.5 Å². The molecule has 0 aliphatic heterocycles. The summed E-state index contributed by atoms with van der Waals surface area (Å²) in [5.74, 6) is 1.33. The molecule has 7 heteroatoms. The second kappa shape index (κ2) is 10.6. The van der Waals surface area contributed by atoms with Crippen LogP contribution in [0.5, 0.6) is 11.5 Å². The first kappa shape index (κ1) is 23.0. The maximum atomic E-state index is 13.1. The number of hydrogen-bond donors (Lipinski definition) is 0. The SMILES string of the molecule is CCOc1ccc(OCC(=O)N(CCCN(C)C)c2nc3c(C)ccc(C)c3s2)cc1.